The van der Waals surface area contributed by atoms with Gasteiger partial charge < -0.3 is 14.9 Å². The largest absolute Gasteiger partial charge is 0.508 e. The van der Waals surface area contributed by atoms with Crippen LogP contribution in [0.5, 0.6) is 5.75 Å². The molecule has 6 nitrogen and oxygen atoms in total. The second-order valence-corrected chi connectivity index (χ2v) is 9.58. The average molecular weight is 436 g/mol. The van der Waals surface area contributed by atoms with Crippen molar-refractivity contribution in [2.75, 3.05) is 32.1 Å². The zero-order chi connectivity index (χ0) is 22.1. The Morgan fingerprint density at radius 1 is 1.23 bits per heavy atom. The minimum Gasteiger partial charge on any atom is -0.508 e. The van der Waals surface area contributed by atoms with Crippen molar-refractivity contribution in [3.05, 3.63) is 71.3 Å². The lowest BCUT2D eigenvalue weighted by Crippen LogP contribution is -2.43. The number of urea groups is 1. The molecule has 1 atom stereocenters. The van der Waals surface area contributed by atoms with Crippen molar-refractivity contribution in [1.29, 1.82) is 0 Å². The van der Waals surface area contributed by atoms with E-state index < -0.39 is 33.5 Å². The molecule has 1 aliphatic rings. The number of halogens is 2. The fraction of sp³-hybridized carbons (Fsp3) is 0.286. The summed E-state index contributed by atoms with van der Waals surface area (Å²) in [6.07, 6.45) is 2.73. The minimum absolute atomic E-state index is 0.00272. The molecule has 0 saturated carbocycles. The van der Waals surface area contributed by atoms with Gasteiger partial charge in [-0.15, -0.1) is 0 Å². The van der Waals surface area contributed by atoms with Gasteiger partial charge in [0.1, 0.15) is 27.2 Å². The number of carbonyl (C=O) groups is 1. The molecule has 1 N–H and O–H groups in total. The Bertz CT molecular complexity index is 1100. The zero-order valence-corrected chi connectivity index (χ0v) is 17.4. The van der Waals surface area contributed by atoms with Gasteiger partial charge in [-0.25, -0.2) is 22.0 Å². The third kappa shape index (κ3) is 4.96. The van der Waals surface area contributed by atoms with E-state index in [1.807, 2.05) is 0 Å². The zero-order valence-electron chi connectivity index (χ0n) is 16.5. The van der Waals surface area contributed by atoms with Gasteiger partial charge >= 0.3 is 6.03 Å². The number of phenols is 1. The maximum atomic E-state index is 14.3. The highest BCUT2D eigenvalue weighted by atomic mass is 32.2. The average Bonchev–Trinajstić information content (AvgIpc) is 3.12. The molecular formula is C21H22F2N2O4S. The molecule has 1 heterocycles. The standard InChI is InChI=1S/C21H22F2N2O4S/c1-24(8-9-30(2,28)29)21(27)25-13-15(18-12-16(22)6-7-19(18)23)11-20(25)14-4-3-5-17(26)10-14/h3-7,10-12,20,26H,8-9,13H2,1-2H3. The van der Waals surface area contributed by atoms with Crippen LogP contribution in [0, 0.1) is 11.6 Å². The first-order valence-corrected chi connectivity index (χ1v) is 11.3. The third-order valence-electron chi connectivity index (χ3n) is 4.89. The molecule has 3 rings (SSSR count). The summed E-state index contributed by atoms with van der Waals surface area (Å²) in [6, 6.07) is 8.32. The Morgan fingerprint density at radius 2 is 1.97 bits per heavy atom. The Labute approximate surface area is 174 Å². The van der Waals surface area contributed by atoms with Gasteiger partial charge in [0, 0.05) is 32.0 Å². The number of carbonyl (C=O) groups excluding carboxylic acids is 1. The summed E-state index contributed by atoms with van der Waals surface area (Å²) in [5, 5.41) is 9.83. The second-order valence-electron chi connectivity index (χ2n) is 7.32. The van der Waals surface area contributed by atoms with E-state index in [0.717, 1.165) is 24.5 Å². The maximum absolute atomic E-state index is 14.3. The molecule has 1 unspecified atom stereocenters. The molecule has 0 spiro atoms. The van der Waals surface area contributed by atoms with Crippen molar-refractivity contribution < 1.29 is 27.1 Å². The highest BCUT2D eigenvalue weighted by molar-refractivity contribution is 7.90. The van der Waals surface area contributed by atoms with Crippen molar-refractivity contribution in [3.8, 4) is 5.75 Å². The molecule has 9 heteroatoms. The summed E-state index contributed by atoms with van der Waals surface area (Å²) in [6.45, 7) is -0.00662. The van der Waals surface area contributed by atoms with E-state index in [1.165, 1.54) is 29.0 Å². The number of amides is 2. The predicted molar refractivity (Wildman–Crippen MR) is 110 cm³/mol. The summed E-state index contributed by atoms with van der Waals surface area (Å²) in [5.41, 5.74) is 1.06. The predicted octanol–water partition coefficient (Wildman–Crippen LogP) is 3.21. The SMILES string of the molecule is CN(CCS(C)(=O)=O)C(=O)N1CC(c2cc(F)ccc2F)=CC1c1cccc(O)c1. The van der Waals surface area contributed by atoms with E-state index in [0.29, 0.717) is 11.1 Å². The summed E-state index contributed by atoms with van der Waals surface area (Å²) < 4.78 is 50.9. The Balaban J connectivity index is 1.95. The van der Waals surface area contributed by atoms with Crippen LogP contribution in [-0.2, 0) is 9.84 Å². The van der Waals surface area contributed by atoms with Crippen LogP contribution in [-0.4, -0.2) is 61.5 Å². The number of benzene rings is 2. The van der Waals surface area contributed by atoms with Crippen molar-refractivity contribution in [1.82, 2.24) is 9.80 Å². The van der Waals surface area contributed by atoms with Gasteiger partial charge in [-0.3, -0.25) is 0 Å². The van der Waals surface area contributed by atoms with E-state index >= 15 is 0 Å². The second kappa shape index (κ2) is 8.43. The maximum Gasteiger partial charge on any atom is 0.320 e. The van der Waals surface area contributed by atoms with Crippen molar-refractivity contribution in [2.24, 2.45) is 0 Å². The highest BCUT2D eigenvalue weighted by Crippen LogP contribution is 2.37. The van der Waals surface area contributed by atoms with Gasteiger partial charge in [0.15, 0.2) is 0 Å². The minimum atomic E-state index is -3.26. The number of hydrogen-bond acceptors (Lipinski definition) is 4. The topological polar surface area (TPSA) is 77.9 Å². The van der Waals surface area contributed by atoms with Crippen LogP contribution in [0.15, 0.2) is 48.5 Å². The molecule has 2 amide bonds. The fourth-order valence-electron chi connectivity index (χ4n) is 3.32. The first-order chi connectivity index (χ1) is 14.0. The molecule has 0 fully saturated rings. The molecule has 0 radical (unpaired) electrons. The van der Waals surface area contributed by atoms with Gasteiger partial charge in [-0.2, -0.15) is 0 Å². The highest BCUT2D eigenvalue weighted by Gasteiger charge is 2.33. The molecule has 1 aliphatic heterocycles. The lowest BCUT2D eigenvalue weighted by Gasteiger charge is -2.30. The normalized spacial score (nSPS) is 16.5. The number of phenolic OH excluding ortho intramolecular Hbond substituents is 1. The number of hydrogen-bond donors (Lipinski definition) is 1. The van der Waals surface area contributed by atoms with E-state index in [2.05, 4.69) is 0 Å². The molecule has 160 valence electrons. The van der Waals surface area contributed by atoms with E-state index in [4.69, 9.17) is 0 Å². The van der Waals surface area contributed by atoms with E-state index in [-0.39, 0.29) is 30.2 Å². The monoisotopic (exact) mass is 436 g/mol. The fourth-order valence-corrected chi connectivity index (χ4v) is 3.93. The molecule has 0 aliphatic carbocycles. The lowest BCUT2D eigenvalue weighted by molar-refractivity contribution is 0.164. The smallest absolute Gasteiger partial charge is 0.320 e. The van der Waals surface area contributed by atoms with Gasteiger partial charge in [0.05, 0.1) is 11.8 Å². The molecular weight excluding hydrogens is 414 g/mol. The van der Waals surface area contributed by atoms with Crippen molar-refractivity contribution >= 4 is 21.4 Å². The summed E-state index contributed by atoms with van der Waals surface area (Å²) in [4.78, 5) is 15.8. The van der Waals surface area contributed by atoms with Crippen LogP contribution in [0.3, 0.4) is 0 Å². The number of rotatable bonds is 5. The molecule has 30 heavy (non-hydrogen) atoms. The van der Waals surface area contributed by atoms with E-state index in [1.54, 1.807) is 18.2 Å². The molecule has 0 bridgehead atoms. The Morgan fingerprint density at radius 3 is 2.63 bits per heavy atom. The van der Waals surface area contributed by atoms with Gasteiger partial charge in [0.25, 0.3) is 0 Å². The van der Waals surface area contributed by atoms with Gasteiger partial charge in [-0.05, 0) is 41.5 Å². The van der Waals surface area contributed by atoms with Crippen LogP contribution in [0.1, 0.15) is 17.2 Å². The summed E-state index contributed by atoms with van der Waals surface area (Å²) in [5.74, 6) is -1.41. The van der Waals surface area contributed by atoms with Crippen molar-refractivity contribution in [2.45, 2.75) is 6.04 Å². The number of nitrogens with zero attached hydrogens (tertiary/aromatic N) is 2. The quantitative estimate of drug-likeness (QED) is 0.781. The number of aromatic hydroxyl groups is 1. The van der Waals surface area contributed by atoms with Crippen LogP contribution in [0.2, 0.25) is 0 Å². The van der Waals surface area contributed by atoms with E-state index in [9.17, 15) is 27.1 Å². The molecule has 2 aromatic rings. The first kappa shape index (κ1) is 21.8. The van der Waals surface area contributed by atoms with Crippen LogP contribution < -0.4 is 0 Å². The first-order valence-electron chi connectivity index (χ1n) is 9.19. The number of sulfone groups is 1. The van der Waals surface area contributed by atoms with Crippen LogP contribution >= 0.6 is 0 Å². The Hall–Kier alpha value is -2.94. The van der Waals surface area contributed by atoms with Gasteiger partial charge in [-0.1, -0.05) is 18.2 Å². The molecule has 0 aromatic heterocycles. The summed E-state index contributed by atoms with van der Waals surface area (Å²) >= 11 is 0. The molecule has 2 aromatic carbocycles. The summed E-state index contributed by atoms with van der Waals surface area (Å²) in [7, 11) is -1.78. The van der Waals surface area contributed by atoms with Crippen LogP contribution in [0.4, 0.5) is 13.6 Å². The van der Waals surface area contributed by atoms with Gasteiger partial charge in [0.2, 0.25) is 0 Å². The lowest BCUT2D eigenvalue weighted by atomic mass is 10.0. The Kier molecular flexibility index (Phi) is 6.12. The van der Waals surface area contributed by atoms with Crippen LogP contribution in [0.25, 0.3) is 5.57 Å². The van der Waals surface area contributed by atoms with Crippen molar-refractivity contribution in [3.63, 3.8) is 0 Å². The third-order valence-corrected chi connectivity index (χ3v) is 5.82. The molecule has 0 saturated heterocycles.